The molecule has 0 aromatic carbocycles. The molecule has 1 aliphatic carbocycles. The summed E-state index contributed by atoms with van der Waals surface area (Å²) < 4.78 is 1.95. The van der Waals surface area contributed by atoms with E-state index in [0.717, 1.165) is 18.8 Å². The van der Waals surface area contributed by atoms with Crippen molar-refractivity contribution in [1.82, 2.24) is 15.1 Å². The van der Waals surface area contributed by atoms with Crippen molar-refractivity contribution in [2.24, 2.45) is 13.0 Å². The fourth-order valence-corrected chi connectivity index (χ4v) is 4.05. The van der Waals surface area contributed by atoms with Crippen molar-refractivity contribution < 1.29 is 0 Å². The Balaban J connectivity index is 1.91. The number of hydrogen-bond acceptors (Lipinski definition) is 3. The first-order valence-electron chi connectivity index (χ1n) is 8.03. The van der Waals surface area contributed by atoms with E-state index in [-0.39, 0.29) is 0 Å². The molecule has 1 aromatic rings. The van der Waals surface area contributed by atoms with Gasteiger partial charge < -0.3 is 10.2 Å². The van der Waals surface area contributed by atoms with E-state index in [1.165, 1.54) is 31.4 Å². The molecule has 2 aliphatic rings. The smallest absolute Gasteiger partial charge is 0.0827 e. The minimum atomic E-state index is 0.355. The number of rotatable bonds is 2. The molecular formula is C16H28N4. The third-order valence-corrected chi connectivity index (χ3v) is 5.19. The molecule has 3 rings (SSSR count). The second-order valence-corrected chi connectivity index (χ2v) is 7.08. The number of aryl methyl sites for hydroxylation is 2. The van der Waals surface area contributed by atoms with Gasteiger partial charge in [0.2, 0.25) is 0 Å². The molecule has 4 heteroatoms. The maximum absolute atomic E-state index is 4.55. The van der Waals surface area contributed by atoms with Gasteiger partial charge in [-0.3, -0.25) is 4.68 Å². The predicted molar refractivity (Wildman–Crippen MR) is 83.1 cm³/mol. The van der Waals surface area contributed by atoms with Crippen LogP contribution in [0, 0.1) is 12.8 Å². The second-order valence-electron chi connectivity index (χ2n) is 7.08. The zero-order valence-electron chi connectivity index (χ0n) is 13.3. The molecule has 2 fully saturated rings. The molecule has 1 unspecified atom stereocenters. The van der Waals surface area contributed by atoms with Crippen LogP contribution in [-0.2, 0) is 7.05 Å². The number of aromatic nitrogens is 2. The van der Waals surface area contributed by atoms with Gasteiger partial charge in [0.15, 0.2) is 0 Å². The monoisotopic (exact) mass is 276 g/mol. The first-order chi connectivity index (χ1) is 9.51. The summed E-state index contributed by atoms with van der Waals surface area (Å²) in [7, 11) is 2.02. The second kappa shape index (κ2) is 5.06. The van der Waals surface area contributed by atoms with Crippen molar-refractivity contribution >= 4 is 5.69 Å². The summed E-state index contributed by atoms with van der Waals surface area (Å²) in [6, 6.07) is 0.573. The largest absolute Gasteiger partial charge is 0.362 e. The van der Waals surface area contributed by atoms with Crippen molar-refractivity contribution in [3.05, 3.63) is 11.9 Å². The van der Waals surface area contributed by atoms with Crippen LogP contribution in [0.25, 0.3) is 0 Å². The Kier molecular flexibility index (Phi) is 3.53. The highest BCUT2D eigenvalue weighted by atomic mass is 15.3. The van der Waals surface area contributed by atoms with Gasteiger partial charge in [0.1, 0.15) is 0 Å². The van der Waals surface area contributed by atoms with Crippen molar-refractivity contribution in [2.45, 2.75) is 58.0 Å². The molecule has 1 aromatic heterocycles. The van der Waals surface area contributed by atoms with Crippen molar-refractivity contribution in [1.29, 1.82) is 0 Å². The minimum absolute atomic E-state index is 0.355. The highest BCUT2D eigenvalue weighted by Crippen LogP contribution is 2.37. The van der Waals surface area contributed by atoms with Gasteiger partial charge in [0.25, 0.3) is 0 Å². The topological polar surface area (TPSA) is 33.1 Å². The molecule has 2 heterocycles. The highest BCUT2D eigenvalue weighted by molar-refractivity contribution is 5.51. The predicted octanol–water partition coefficient (Wildman–Crippen LogP) is 2.48. The summed E-state index contributed by atoms with van der Waals surface area (Å²) in [6.07, 6.45) is 7.60. The van der Waals surface area contributed by atoms with Crippen LogP contribution in [0.2, 0.25) is 0 Å². The van der Waals surface area contributed by atoms with Crippen LogP contribution in [0.15, 0.2) is 6.20 Å². The standard InChI is InChI=1S/C16H28N4/c1-12(2)14-9-17-16(7-5-6-8-16)11-20(14)15-10-19(4)18-13(15)3/h10,12,14,17H,5-9,11H2,1-4H3. The SMILES string of the molecule is Cc1nn(C)cc1N1CC2(CCCC2)NCC1C(C)C. The summed E-state index contributed by atoms with van der Waals surface area (Å²) in [5.41, 5.74) is 2.85. The van der Waals surface area contributed by atoms with Crippen LogP contribution in [0.4, 0.5) is 5.69 Å². The molecular weight excluding hydrogens is 248 g/mol. The van der Waals surface area contributed by atoms with E-state index in [9.17, 15) is 0 Å². The van der Waals surface area contributed by atoms with Crippen LogP contribution in [0.5, 0.6) is 0 Å². The maximum Gasteiger partial charge on any atom is 0.0827 e. The molecule has 1 atom stereocenters. The Morgan fingerprint density at radius 3 is 2.60 bits per heavy atom. The van der Waals surface area contributed by atoms with Gasteiger partial charge in [-0.15, -0.1) is 0 Å². The first kappa shape index (κ1) is 13.9. The molecule has 0 radical (unpaired) electrons. The van der Waals surface area contributed by atoms with Crippen LogP contribution in [0.1, 0.15) is 45.2 Å². The van der Waals surface area contributed by atoms with Gasteiger partial charge in [-0.05, 0) is 25.7 Å². The highest BCUT2D eigenvalue weighted by Gasteiger charge is 2.42. The van der Waals surface area contributed by atoms with Crippen LogP contribution >= 0.6 is 0 Å². The molecule has 1 spiro atoms. The van der Waals surface area contributed by atoms with Gasteiger partial charge >= 0.3 is 0 Å². The number of nitrogens with zero attached hydrogens (tertiary/aromatic N) is 3. The molecule has 1 aliphatic heterocycles. The van der Waals surface area contributed by atoms with Gasteiger partial charge in [0, 0.05) is 37.9 Å². The molecule has 1 N–H and O–H groups in total. The van der Waals surface area contributed by atoms with Crippen LogP contribution < -0.4 is 10.2 Å². The lowest BCUT2D eigenvalue weighted by molar-refractivity contribution is 0.245. The van der Waals surface area contributed by atoms with E-state index in [4.69, 9.17) is 0 Å². The number of piperazine rings is 1. The molecule has 1 saturated heterocycles. The molecule has 0 bridgehead atoms. The van der Waals surface area contributed by atoms with Gasteiger partial charge in [-0.25, -0.2) is 0 Å². The Labute approximate surface area is 122 Å². The first-order valence-corrected chi connectivity index (χ1v) is 8.03. The quantitative estimate of drug-likeness (QED) is 0.901. The zero-order valence-corrected chi connectivity index (χ0v) is 13.3. The van der Waals surface area contributed by atoms with E-state index < -0.39 is 0 Å². The summed E-state index contributed by atoms with van der Waals surface area (Å²) >= 11 is 0. The minimum Gasteiger partial charge on any atom is -0.362 e. The molecule has 1 saturated carbocycles. The Bertz CT molecular complexity index is 471. The van der Waals surface area contributed by atoms with E-state index in [1.54, 1.807) is 0 Å². The Morgan fingerprint density at radius 1 is 1.35 bits per heavy atom. The van der Waals surface area contributed by atoms with E-state index in [1.807, 2.05) is 11.7 Å². The number of nitrogens with one attached hydrogen (secondary N) is 1. The maximum atomic E-state index is 4.55. The van der Waals surface area contributed by atoms with Gasteiger partial charge in [-0.2, -0.15) is 5.10 Å². The Morgan fingerprint density at radius 2 is 2.05 bits per heavy atom. The van der Waals surface area contributed by atoms with E-state index >= 15 is 0 Å². The lowest BCUT2D eigenvalue weighted by Crippen LogP contribution is -2.64. The fraction of sp³-hybridized carbons (Fsp3) is 0.812. The summed E-state index contributed by atoms with van der Waals surface area (Å²) in [4.78, 5) is 2.63. The number of anilines is 1. The van der Waals surface area contributed by atoms with Crippen molar-refractivity contribution in [3.63, 3.8) is 0 Å². The third kappa shape index (κ3) is 2.34. The number of hydrogen-bond donors (Lipinski definition) is 1. The normalized spacial score (nSPS) is 25.9. The molecule has 20 heavy (non-hydrogen) atoms. The third-order valence-electron chi connectivity index (χ3n) is 5.19. The zero-order chi connectivity index (χ0) is 14.3. The Hall–Kier alpha value is -1.03. The summed E-state index contributed by atoms with van der Waals surface area (Å²) in [5.74, 6) is 0.654. The fourth-order valence-electron chi connectivity index (χ4n) is 4.05. The van der Waals surface area contributed by atoms with Crippen molar-refractivity contribution in [2.75, 3.05) is 18.0 Å². The average molecular weight is 276 g/mol. The lowest BCUT2D eigenvalue weighted by Gasteiger charge is -2.48. The lowest BCUT2D eigenvalue weighted by atomic mass is 9.88. The average Bonchev–Trinajstić information content (AvgIpc) is 2.96. The molecule has 0 amide bonds. The summed E-state index contributed by atoms with van der Waals surface area (Å²) in [6.45, 7) is 9.04. The van der Waals surface area contributed by atoms with Gasteiger partial charge in [-0.1, -0.05) is 26.7 Å². The molecule has 4 nitrogen and oxygen atoms in total. The van der Waals surface area contributed by atoms with E-state index in [0.29, 0.717) is 17.5 Å². The summed E-state index contributed by atoms with van der Waals surface area (Å²) in [5, 5.41) is 8.43. The van der Waals surface area contributed by atoms with Gasteiger partial charge in [0.05, 0.1) is 11.4 Å². The van der Waals surface area contributed by atoms with Crippen LogP contribution in [0.3, 0.4) is 0 Å². The van der Waals surface area contributed by atoms with Crippen LogP contribution in [-0.4, -0.2) is 34.5 Å². The molecule has 112 valence electrons. The van der Waals surface area contributed by atoms with E-state index in [2.05, 4.69) is 42.3 Å². The van der Waals surface area contributed by atoms with Crippen molar-refractivity contribution in [3.8, 4) is 0 Å².